The van der Waals surface area contributed by atoms with Gasteiger partial charge in [0.15, 0.2) is 5.82 Å². The van der Waals surface area contributed by atoms with E-state index in [2.05, 4.69) is 32.5 Å². The van der Waals surface area contributed by atoms with Crippen molar-refractivity contribution in [2.75, 3.05) is 48.8 Å². The molecule has 3 heterocycles. The van der Waals surface area contributed by atoms with Crippen molar-refractivity contribution in [1.82, 2.24) is 20.2 Å². The molecule has 10 heteroatoms. The van der Waals surface area contributed by atoms with Crippen LogP contribution in [0.5, 0.6) is 5.75 Å². The number of carbonyl (C=O) groups excluding carboxylic acids is 2. The molecule has 1 saturated heterocycles. The van der Waals surface area contributed by atoms with Crippen LogP contribution in [0.15, 0.2) is 24.4 Å². The van der Waals surface area contributed by atoms with Gasteiger partial charge in [0.2, 0.25) is 11.9 Å². The number of nitrogens with zero attached hydrogens (tertiary/aromatic N) is 5. The molecule has 1 saturated carbocycles. The zero-order valence-corrected chi connectivity index (χ0v) is 25.4. The minimum atomic E-state index is -0.548. The van der Waals surface area contributed by atoms with E-state index >= 15 is 0 Å². The Balaban J connectivity index is 1.42. The summed E-state index contributed by atoms with van der Waals surface area (Å²) in [6.45, 7) is 10.5. The smallest absolute Gasteiger partial charge is 0.251 e. The number of amides is 2. The SMILES string of the molecule is CC(C)Oc1cc(C(=O)NC2CCN(C)CC2)ccc1Nc1ncc2c(n1)N(C1CCCC1)CC(C)(C)C(=O)N2C. The third-order valence-electron chi connectivity index (χ3n) is 8.50. The van der Waals surface area contributed by atoms with Crippen LogP contribution in [0.25, 0.3) is 0 Å². The number of piperidine rings is 1. The van der Waals surface area contributed by atoms with Crippen molar-refractivity contribution in [3.8, 4) is 5.75 Å². The van der Waals surface area contributed by atoms with Crippen LogP contribution >= 0.6 is 0 Å². The zero-order chi connectivity index (χ0) is 29.3. The Morgan fingerprint density at radius 3 is 2.49 bits per heavy atom. The maximum Gasteiger partial charge on any atom is 0.251 e. The molecule has 5 rings (SSSR count). The fourth-order valence-corrected chi connectivity index (χ4v) is 6.18. The predicted molar refractivity (Wildman–Crippen MR) is 162 cm³/mol. The Morgan fingerprint density at radius 2 is 1.80 bits per heavy atom. The third kappa shape index (κ3) is 6.42. The van der Waals surface area contributed by atoms with Crippen LogP contribution in [-0.2, 0) is 4.79 Å². The molecule has 1 aromatic carbocycles. The number of fused-ring (bicyclic) bond motifs is 1. The van der Waals surface area contributed by atoms with E-state index in [1.165, 1.54) is 12.8 Å². The number of rotatable bonds is 7. The number of hydrogen-bond acceptors (Lipinski definition) is 8. The van der Waals surface area contributed by atoms with Crippen LogP contribution in [0.1, 0.15) is 76.6 Å². The monoisotopic (exact) mass is 563 g/mol. The Morgan fingerprint density at radius 1 is 1.10 bits per heavy atom. The molecular formula is C31H45N7O3. The molecular weight excluding hydrogens is 518 g/mol. The van der Waals surface area contributed by atoms with Gasteiger partial charge in [0.05, 0.1) is 23.4 Å². The summed E-state index contributed by atoms with van der Waals surface area (Å²) in [4.78, 5) is 42.3. The minimum absolute atomic E-state index is 0.0605. The number of benzene rings is 1. The Kier molecular flexibility index (Phi) is 8.40. The van der Waals surface area contributed by atoms with Gasteiger partial charge < -0.3 is 30.1 Å². The average Bonchev–Trinajstić information content (AvgIpc) is 3.45. The summed E-state index contributed by atoms with van der Waals surface area (Å²) in [6, 6.07) is 5.97. The van der Waals surface area contributed by atoms with Crippen LogP contribution in [0.3, 0.4) is 0 Å². The van der Waals surface area contributed by atoms with Crippen LogP contribution in [0.4, 0.5) is 23.1 Å². The van der Waals surface area contributed by atoms with Gasteiger partial charge in [0, 0.05) is 31.2 Å². The number of likely N-dealkylation sites (tertiary alicyclic amines) is 1. The highest BCUT2D eigenvalue weighted by molar-refractivity contribution is 6.01. The molecule has 10 nitrogen and oxygen atoms in total. The van der Waals surface area contributed by atoms with Gasteiger partial charge in [-0.3, -0.25) is 9.59 Å². The molecule has 0 atom stereocenters. The van der Waals surface area contributed by atoms with Gasteiger partial charge in [0.25, 0.3) is 5.91 Å². The highest BCUT2D eigenvalue weighted by Crippen LogP contribution is 2.40. The molecule has 0 spiro atoms. The Labute approximate surface area is 243 Å². The topological polar surface area (TPSA) is 103 Å². The third-order valence-corrected chi connectivity index (χ3v) is 8.50. The molecule has 2 aliphatic heterocycles. The number of aromatic nitrogens is 2. The molecule has 3 aliphatic rings. The van der Waals surface area contributed by atoms with Crippen LogP contribution < -0.4 is 25.2 Å². The highest BCUT2D eigenvalue weighted by atomic mass is 16.5. The molecule has 2 N–H and O–H groups in total. The van der Waals surface area contributed by atoms with Gasteiger partial charge in [-0.1, -0.05) is 12.8 Å². The van der Waals surface area contributed by atoms with E-state index in [1.54, 1.807) is 24.2 Å². The van der Waals surface area contributed by atoms with Gasteiger partial charge >= 0.3 is 0 Å². The summed E-state index contributed by atoms with van der Waals surface area (Å²) in [5, 5.41) is 6.53. The van der Waals surface area contributed by atoms with Gasteiger partial charge in [-0.2, -0.15) is 4.98 Å². The number of nitrogens with one attached hydrogen (secondary N) is 2. The largest absolute Gasteiger partial charge is 0.489 e. The summed E-state index contributed by atoms with van der Waals surface area (Å²) in [6.07, 6.45) is 8.09. The van der Waals surface area contributed by atoms with E-state index in [0.717, 1.165) is 50.3 Å². The van der Waals surface area contributed by atoms with Crippen LogP contribution in [0.2, 0.25) is 0 Å². The first kappa shape index (κ1) is 29.1. The molecule has 41 heavy (non-hydrogen) atoms. The summed E-state index contributed by atoms with van der Waals surface area (Å²) in [5.74, 6) is 1.73. The lowest BCUT2D eigenvalue weighted by Crippen LogP contribution is -2.45. The summed E-state index contributed by atoms with van der Waals surface area (Å²) in [7, 11) is 3.92. The second-order valence-corrected chi connectivity index (χ2v) is 12.8. The summed E-state index contributed by atoms with van der Waals surface area (Å²) in [5.41, 5.74) is 1.41. The van der Waals surface area contributed by atoms with E-state index in [4.69, 9.17) is 9.72 Å². The summed E-state index contributed by atoms with van der Waals surface area (Å²) >= 11 is 0. The first-order valence-electron chi connectivity index (χ1n) is 15.0. The molecule has 2 aromatic rings. The van der Waals surface area contributed by atoms with E-state index in [-0.39, 0.29) is 24.0 Å². The fourth-order valence-electron chi connectivity index (χ4n) is 6.18. The maximum atomic E-state index is 13.3. The van der Waals surface area contributed by atoms with Crippen molar-refractivity contribution in [3.05, 3.63) is 30.0 Å². The lowest BCUT2D eigenvalue weighted by atomic mass is 9.91. The lowest BCUT2D eigenvalue weighted by Gasteiger charge is -2.34. The zero-order valence-electron chi connectivity index (χ0n) is 25.4. The molecule has 0 radical (unpaired) electrons. The molecule has 1 aliphatic carbocycles. The van der Waals surface area contributed by atoms with Gasteiger partial charge in [-0.15, -0.1) is 0 Å². The molecule has 0 bridgehead atoms. The van der Waals surface area contributed by atoms with Crippen molar-refractivity contribution in [2.24, 2.45) is 5.41 Å². The molecule has 0 unspecified atom stereocenters. The lowest BCUT2D eigenvalue weighted by molar-refractivity contribution is -0.125. The molecule has 2 fully saturated rings. The van der Waals surface area contributed by atoms with E-state index < -0.39 is 5.41 Å². The predicted octanol–water partition coefficient (Wildman–Crippen LogP) is 4.58. The van der Waals surface area contributed by atoms with E-state index in [1.807, 2.05) is 39.8 Å². The number of anilines is 4. The van der Waals surface area contributed by atoms with Crippen molar-refractivity contribution in [1.29, 1.82) is 0 Å². The molecule has 1 aromatic heterocycles. The van der Waals surface area contributed by atoms with Gasteiger partial charge in [-0.25, -0.2) is 4.98 Å². The first-order valence-corrected chi connectivity index (χ1v) is 15.0. The molecule has 2 amide bonds. The number of ether oxygens (including phenoxy) is 1. The average molecular weight is 564 g/mol. The number of hydrogen-bond donors (Lipinski definition) is 2. The minimum Gasteiger partial charge on any atom is -0.489 e. The summed E-state index contributed by atoms with van der Waals surface area (Å²) < 4.78 is 6.14. The standard InChI is InChI=1S/C31H45N7O3/c1-20(2)41-26-17-21(28(39)33-22-13-15-36(5)16-14-22)11-12-24(26)34-30-32-18-25-27(35-30)38(23-9-7-8-10-23)19-31(3,4)29(40)37(25)6/h11-12,17-18,20,22-23H,7-10,13-16,19H2,1-6H3,(H,33,39)(H,32,34,35). The van der Waals surface area contributed by atoms with E-state index in [9.17, 15) is 9.59 Å². The van der Waals surface area contributed by atoms with Crippen molar-refractivity contribution >= 4 is 35.0 Å². The van der Waals surface area contributed by atoms with E-state index in [0.29, 0.717) is 35.5 Å². The Hall–Kier alpha value is -3.40. The first-order chi connectivity index (χ1) is 19.5. The molecule has 222 valence electrons. The van der Waals surface area contributed by atoms with Crippen LogP contribution in [-0.4, -0.2) is 78.6 Å². The van der Waals surface area contributed by atoms with Crippen molar-refractivity contribution in [2.45, 2.75) is 84.4 Å². The Bertz CT molecular complexity index is 1270. The van der Waals surface area contributed by atoms with Crippen LogP contribution in [0, 0.1) is 5.41 Å². The number of carbonyl (C=O) groups is 2. The second kappa shape index (κ2) is 11.8. The van der Waals surface area contributed by atoms with Crippen molar-refractivity contribution in [3.63, 3.8) is 0 Å². The fraction of sp³-hybridized carbons (Fsp3) is 0.613. The highest BCUT2D eigenvalue weighted by Gasteiger charge is 2.41. The normalized spacial score (nSPS) is 20.2. The second-order valence-electron chi connectivity index (χ2n) is 12.8. The van der Waals surface area contributed by atoms with Crippen molar-refractivity contribution < 1.29 is 14.3 Å². The maximum absolute atomic E-state index is 13.3. The van der Waals surface area contributed by atoms with Gasteiger partial charge in [0.1, 0.15) is 11.4 Å². The van der Waals surface area contributed by atoms with Gasteiger partial charge in [-0.05, 0) is 91.7 Å². The quantitative estimate of drug-likeness (QED) is 0.505.